The number of aryl methyl sites for hydroxylation is 2. The van der Waals surface area contributed by atoms with Crippen molar-refractivity contribution in [2.75, 3.05) is 20.2 Å². The number of pyridine rings is 1. The van der Waals surface area contributed by atoms with Gasteiger partial charge in [0, 0.05) is 19.8 Å². The minimum atomic E-state index is -0.366. The van der Waals surface area contributed by atoms with Gasteiger partial charge in [-0.3, -0.25) is 19.5 Å². The number of aliphatic hydroxyl groups is 1. The summed E-state index contributed by atoms with van der Waals surface area (Å²) in [6, 6.07) is 11.1. The Bertz CT molecular complexity index is 906. The first-order chi connectivity index (χ1) is 12.9. The SMILES string of the molecule is Cc1ccc(C2=C(N(C)CCO)C(=O)N(Cc3ccccn3)C2=O)cc1C. The molecule has 1 N–H and O–H groups in total. The fraction of sp³-hybridized carbons (Fsp3) is 0.286. The van der Waals surface area contributed by atoms with Crippen LogP contribution in [-0.4, -0.2) is 51.9 Å². The normalized spacial score (nSPS) is 14.3. The van der Waals surface area contributed by atoms with E-state index < -0.39 is 0 Å². The summed E-state index contributed by atoms with van der Waals surface area (Å²) < 4.78 is 0. The molecule has 0 saturated carbocycles. The molecule has 6 nitrogen and oxygen atoms in total. The van der Waals surface area contributed by atoms with Crippen LogP contribution in [0.3, 0.4) is 0 Å². The van der Waals surface area contributed by atoms with E-state index in [2.05, 4.69) is 4.98 Å². The van der Waals surface area contributed by atoms with Gasteiger partial charge >= 0.3 is 0 Å². The highest BCUT2D eigenvalue weighted by Gasteiger charge is 2.40. The van der Waals surface area contributed by atoms with Gasteiger partial charge in [0.15, 0.2) is 0 Å². The molecule has 1 aliphatic heterocycles. The van der Waals surface area contributed by atoms with Crippen LogP contribution in [0, 0.1) is 13.8 Å². The van der Waals surface area contributed by atoms with Crippen molar-refractivity contribution in [1.82, 2.24) is 14.8 Å². The van der Waals surface area contributed by atoms with Crippen LogP contribution in [-0.2, 0) is 16.1 Å². The maximum atomic E-state index is 13.2. The number of hydrogen-bond donors (Lipinski definition) is 1. The Morgan fingerprint density at radius 1 is 1.07 bits per heavy atom. The van der Waals surface area contributed by atoms with E-state index in [4.69, 9.17) is 0 Å². The van der Waals surface area contributed by atoms with Gasteiger partial charge in [-0.25, -0.2) is 0 Å². The maximum absolute atomic E-state index is 13.2. The molecule has 0 radical (unpaired) electrons. The molecule has 27 heavy (non-hydrogen) atoms. The number of benzene rings is 1. The quantitative estimate of drug-likeness (QED) is 0.792. The highest BCUT2D eigenvalue weighted by atomic mass is 16.3. The van der Waals surface area contributed by atoms with Crippen LogP contribution in [0.2, 0.25) is 0 Å². The van der Waals surface area contributed by atoms with Gasteiger partial charge in [-0.05, 0) is 42.7 Å². The molecule has 0 unspecified atom stereocenters. The Balaban J connectivity index is 2.05. The molecule has 0 spiro atoms. The molecule has 6 heteroatoms. The second kappa shape index (κ2) is 7.72. The first-order valence-electron chi connectivity index (χ1n) is 8.84. The molecular formula is C21H23N3O3. The Hall–Kier alpha value is -2.99. The fourth-order valence-corrected chi connectivity index (χ4v) is 3.13. The lowest BCUT2D eigenvalue weighted by Gasteiger charge is -2.20. The lowest BCUT2D eigenvalue weighted by atomic mass is 9.99. The monoisotopic (exact) mass is 365 g/mol. The zero-order valence-electron chi connectivity index (χ0n) is 15.8. The summed E-state index contributed by atoms with van der Waals surface area (Å²) in [5.41, 5.74) is 4.20. The van der Waals surface area contributed by atoms with Gasteiger partial charge in [-0.15, -0.1) is 0 Å². The van der Waals surface area contributed by atoms with Crippen molar-refractivity contribution in [3.05, 3.63) is 70.7 Å². The predicted molar refractivity (Wildman–Crippen MR) is 102 cm³/mol. The number of carbonyl (C=O) groups is 2. The first kappa shape index (κ1) is 18.8. The van der Waals surface area contributed by atoms with Crippen molar-refractivity contribution in [3.8, 4) is 0 Å². The van der Waals surface area contributed by atoms with E-state index in [1.165, 1.54) is 4.90 Å². The third-order valence-corrected chi connectivity index (χ3v) is 4.80. The minimum Gasteiger partial charge on any atom is -0.395 e. The average molecular weight is 365 g/mol. The van der Waals surface area contributed by atoms with E-state index in [1.54, 1.807) is 30.3 Å². The van der Waals surface area contributed by atoms with Crippen molar-refractivity contribution >= 4 is 17.4 Å². The smallest absolute Gasteiger partial charge is 0.278 e. The first-order valence-corrected chi connectivity index (χ1v) is 8.84. The molecule has 140 valence electrons. The molecule has 1 aromatic heterocycles. The molecule has 2 heterocycles. The van der Waals surface area contributed by atoms with Gasteiger partial charge in [0.2, 0.25) is 0 Å². The third-order valence-electron chi connectivity index (χ3n) is 4.80. The molecule has 0 bridgehead atoms. The summed E-state index contributed by atoms with van der Waals surface area (Å²) in [6.45, 7) is 4.25. The van der Waals surface area contributed by atoms with Crippen molar-refractivity contribution in [3.63, 3.8) is 0 Å². The number of imide groups is 1. The Morgan fingerprint density at radius 2 is 1.85 bits per heavy atom. The van der Waals surface area contributed by atoms with Crippen molar-refractivity contribution < 1.29 is 14.7 Å². The summed E-state index contributed by atoms with van der Waals surface area (Å²) in [5, 5.41) is 9.30. The van der Waals surface area contributed by atoms with Gasteiger partial charge in [0.05, 0.1) is 24.4 Å². The molecule has 1 aliphatic rings. The summed E-state index contributed by atoms with van der Waals surface area (Å²) in [5.74, 6) is -0.705. The van der Waals surface area contributed by atoms with Gasteiger partial charge in [-0.1, -0.05) is 24.3 Å². The molecular weight excluding hydrogens is 342 g/mol. The average Bonchev–Trinajstić information content (AvgIpc) is 2.90. The number of aromatic nitrogens is 1. The summed E-state index contributed by atoms with van der Waals surface area (Å²) in [6.07, 6.45) is 1.64. The van der Waals surface area contributed by atoms with Crippen molar-refractivity contribution in [2.45, 2.75) is 20.4 Å². The summed E-state index contributed by atoms with van der Waals surface area (Å²) in [7, 11) is 1.71. The van der Waals surface area contributed by atoms with Crippen LogP contribution in [0.5, 0.6) is 0 Å². The molecule has 0 fully saturated rings. The van der Waals surface area contributed by atoms with Crippen molar-refractivity contribution in [1.29, 1.82) is 0 Å². The molecule has 1 aromatic carbocycles. The van der Waals surface area contributed by atoms with Crippen LogP contribution in [0.15, 0.2) is 48.3 Å². The van der Waals surface area contributed by atoms with Gasteiger partial charge < -0.3 is 10.0 Å². The standard InChI is InChI=1S/C21H23N3O3/c1-14-7-8-16(12-15(14)2)18-19(23(3)10-11-25)21(27)24(20(18)26)13-17-6-4-5-9-22-17/h4-9,12,25H,10-11,13H2,1-3H3. The topological polar surface area (TPSA) is 73.7 Å². The lowest BCUT2D eigenvalue weighted by Crippen LogP contribution is -2.34. The van der Waals surface area contributed by atoms with E-state index in [1.807, 2.05) is 38.1 Å². The molecule has 0 saturated heterocycles. The van der Waals surface area contributed by atoms with E-state index in [-0.39, 0.29) is 31.5 Å². The van der Waals surface area contributed by atoms with Gasteiger partial charge in [-0.2, -0.15) is 0 Å². The number of likely N-dealkylation sites (N-methyl/N-ethyl adjacent to an activating group) is 1. The predicted octanol–water partition coefficient (Wildman–Crippen LogP) is 1.90. The Labute approximate surface area is 158 Å². The number of hydrogen-bond acceptors (Lipinski definition) is 5. The minimum absolute atomic E-state index is 0.109. The van der Waals surface area contributed by atoms with Crippen LogP contribution >= 0.6 is 0 Å². The van der Waals surface area contributed by atoms with Crippen LogP contribution in [0.1, 0.15) is 22.4 Å². The molecule has 2 aromatic rings. The third kappa shape index (κ3) is 3.61. The fourth-order valence-electron chi connectivity index (χ4n) is 3.13. The molecule has 0 aliphatic carbocycles. The maximum Gasteiger partial charge on any atom is 0.278 e. The number of rotatable bonds is 6. The van der Waals surface area contributed by atoms with Crippen molar-refractivity contribution in [2.24, 2.45) is 0 Å². The van der Waals surface area contributed by atoms with Gasteiger partial charge in [0.25, 0.3) is 11.8 Å². The Morgan fingerprint density at radius 3 is 2.48 bits per heavy atom. The molecule has 3 rings (SSSR count). The van der Waals surface area contributed by atoms with E-state index in [9.17, 15) is 14.7 Å². The highest BCUT2D eigenvalue weighted by molar-refractivity contribution is 6.35. The number of nitrogens with zero attached hydrogens (tertiary/aromatic N) is 3. The second-order valence-corrected chi connectivity index (χ2v) is 6.69. The van der Waals surface area contributed by atoms with E-state index in [0.29, 0.717) is 22.5 Å². The number of aliphatic hydroxyl groups excluding tert-OH is 1. The lowest BCUT2D eigenvalue weighted by molar-refractivity contribution is -0.138. The zero-order valence-corrected chi connectivity index (χ0v) is 15.8. The van der Waals surface area contributed by atoms with Crippen LogP contribution in [0.25, 0.3) is 5.57 Å². The van der Waals surface area contributed by atoms with E-state index in [0.717, 1.165) is 11.1 Å². The number of carbonyl (C=O) groups excluding carboxylic acids is 2. The van der Waals surface area contributed by atoms with Gasteiger partial charge in [0.1, 0.15) is 5.70 Å². The highest BCUT2D eigenvalue weighted by Crippen LogP contribution is 2.32. The second-order valence-electron chi connectivity index (χ2n) is 6.69. The molecule has 2 amide bonds. The number of amides is 2. The van der Waals surface area contributed by atoms with Crippen LogP contribution in [0.4, 0.5) is 0 Å². The summed E-state index contributed by atoms with van der Waals surface area (Å²) in [4.78, 5) is 33.3. The van der Waals surface area contributed by atoms with Crippen LogP contribution < -0.4 is 0 Å². The largest absolute Gasteiger partial charge is 0.395 e. The Kier molecular flexibility index (Phi) is 5.37. The molecule has 0 atom stereocenters. The van der Waals surface area contributed by atoms with E-state index >= 15 is 0 Å². The summed E-state index contributed by atoms with van der Waals surface area (Å²) >= 11 is 0. The zero-order chi connectivity index (χ0) is 19.6.